The molecule has 7 heteroatoms. The molecule has 3 aromatic rings. The molecule has 1 aromatic heterocycles. The largest absolute Gasteiger partial charge is 0.489 e. The van der Waals surface area contributed by atoms with Gasteiger partial charge < -0.3 is 15.8 Å². The molecule has 2 aromatic carbocycles. The van der Waals surface area contributed by atoms with Crippen LogP contribution in [0.1, 0.15) is 42.6 Å². The summed E-state index contributed by atoms with van der Waals surface area (Å²) in [6, 6.07) is 15.3. The van der Waals surface area contributed by atoms with E-state index < -0.39 is 5.95 Å². The van der Waals surface area contributed by atoms with Gasteiger partial charge in [-0.3, -0.25) is 9.69 Å². The summed E-state index contributed by atoms with van der Waals surface area (Å²) in [5.41, 5.74) is 10.3. The Kier molecular flexibility index (Phi) is 6.43. The molecule has 35 heavy (non-hydrogen) atoms. The molecule has 2 aliphatic heterocycles. The maximum atomic E-state index is 14.9. The summed E-state index contributed by atoms with van der Waals surface area (Å²) in [7, 11) is 0. The van der Waals surface area contributed by atoms with Crippen LogP contribution in [0.25, 0.3) is 22.3 Å². The first kappa shape index (κ1) is 23.3. The summed E-state index contributed by atoms with van der Waals surface area (Å²) in [4.78, 5) is 18.5. The molecule has 1 saturated heterocycles. The highest BCUT2D eigenvalue weighted by atomic mass is 19.1. The van der Waals surface area contributed by atoms with E-state index >= 15 is 0 Å². The number of nitrogen functional groups attached to an aromatic ring is 1. The third-order valence-electron chi connectivity index (χ3n) is 6.95. The van der Waals surface area contributed by atoms with Crippen LogP contribution in [0.5, 0.6) is 5.75 Å². The number of ether oxygens (including phenoxy) is 1. The predicted octanol–water partition coefficient (Wildman–Crippen LogP) is 4.67. The number of hydrogen-bond donors (Lipinski definition) is 2. The Balaban J connectivity index is 1.39. The summed E-state index contributed by atoms with van der Waals surface area (Å²) in [6.45, 7) is 7.05. The van der Waals surface area contributed by atoms with Crippen LogP contribution in [0.3, 0.4) is 0 Å². The number of likely N-dealkylation sites (tertiary alicyclic amines) is 1. The number of fused-ring (bicyclic) bond motifs is 1. The highest BCUT2D eigenvalue weighted by Gasteiger charge is 2.23. The van der Waals surface area contributed by atoms with E-state index in [1.807, 2.05) is 36.4 Å². The van der Waals surface area contributed by atoms with Gasteiger partial charge >= 0.3 is 0 Å². The number of carbonyl (C=O) groups is 1. The summed E-state index contributed by atoms with van der Waals surface area (Å²) in [5.74, 6) is 0.216. The molecule has 6 nitrogen and oxygen atoms in total. The van der Waals surface area contributed by atoms with Crippen LogP contribution in [0.15, 0.2) is 48.5 Å². The third-order valence-corrected chi connectivity index (χ3v) is 6.95. The SMILES string of the molecule is CC(C)N1CCC[C@H](Oc2ccc(-c3cc(-c4ccc5c(c4)CCNC5=O)c(N)nc3F)cc2)C1. The highest BCUT2D eigenvalue weighted by molar-refractivity contribution is 5.97. The number of pyridine rings is 1. The zero-order valence-electron chi connectivity index (χ0n) is 20.2. The Morgan fingerprint density at radius 2 is 1.86 bits per heavy atom. The zero-order chi connectivity index (χ0) is 24.5. The third kappa shape index (κ3) is 4.86. The number of anilines is 1. The van der Waals surface area contributed by atoms with Crippen LogP contribution in [0, 0.1) is 5.95 Å². The second kappa shape index (κ2) is 9.66. The van der Waals surface area contributed by atoms with Crippen molar-refractivity contribution in [2.24, 2.45) is 0 Å². The number of aromatic nitrogens is 1. The van der Waals surface area contributed by atoms with Gasteiger partial charge in [0.25, 0.3) is 5.91 Å². The number of nitrogens with zero attached hydrogens (tertiary/aromatic N) is 2. The number of nitrogens with two attached hydrogens (primary N) is 1. The van der Waals surface area contributed by atoms with Crippen molar-refractivity contribution in [3.05, 3.63) is 65.6 Å². The van der Waals surface area contributed by atoms with Gasteiger partial charge in [-0.25, -0.2) is 4.98 Å². The monoisotopic (exact) mass is 474 g/mol. The molecule has 3 N–H and O–H groups in total. The molecule has 3 heterocycles. The lowest BCUT2D eigenvalue weighted by Gasteiger charge is -2.35. The van der Waals surface area contributed by atoms with E-state index in [4.69, 9.17) is 10.5 Å². The molecule has 1 amide bonds. The number of piperidine rings is 1. The Labute approximate surface area is 205 Å². The Hall–Kier alpha value is -3.45. The van der Waals surface area contributed by atoms with Crippen molar-refractivity contribution in [2.75, 3.05) is 25.4 Å². The maximum Gasteiger partial charge on any atom is 0.251 e. The molecular formula is C28H31FN4O2. The average molecular weight is 475 g/mol. The van der Waals surface area contributed by atoms with Gasteiger partial charge in [0, 0.05) is 35.8 Å². The summed E-state index contributed by atoms with van der Waals surface area (Å²) < 4.78 is 21.1. The van der Waals surface area contributed by atoms with Crippen LogP contribution in [-0.4, -0.2) is 47.6 Å². The fourth-order valence-electron chi connectivity index (χ4n) is 4.97. The first-order valence-electron chi connectivity index (χ1n) is 12.3. The number of rotatable bonds is 5. The molecule has 5 rings (SSSR count). The van der Waals surface area contributed by atoms with E-state index in [9.17, 15) is 9.18 Å². The number of nitrogens with one attached hydrogen (secondary N) is 1. The van der Waals surface area contributed by atoms with Crippen LogP contribution in [0.4, 0.5) is 10.2 Å². The molecule has 182 valence electrons. The molecule has 0 aliphatic carbocycles. The lowest BCUT2D eigenvalue weighted by atomic mass is 9.94. The van der Waals surface area contributed by atoms with Crippen molar-refractivity contribution < 1.29 is 13.9 Å². The van der Waals surface area contributed by atoms with Gasteiger partial charge in [-0.05, 0) is 80.6 Å². The quantitative estimate of drug-likeness (QED) is 0.525. The normalized spacial score (nSPS) is 18.3. The molecule has 1 fully saturated rings. The second-order valence-electron chi connectivity index (χ2n) is 9.63. The van der Waals surface area contributed by atoms with Crippen LogP contribution in [0.2, 0.25) is 0 Å². The minimum atomic E-state index is -0.614. The Morgan fingerprint density at radius 3 is 2.63 bits per heavy atom. The number of amides is 1. The van der Waals surface area contributed by atoms with Gasteiger partial charge in [-0.1, -0.05) is 24.3 Å². The summed E-state index contributed by atoms with van der Waals surface area (Å²) >= 11 is 0. The molecular weight excluding hydrogens is 443 g/mol. The molecule has 0 spiro atoms. The zero-order valence-corrected chi connectivity index (χ0v) is 20.2. The fraction of sp³-hybridized carbons (Fsp3) is 0.357. The molecule has 0 unspecified atom stereocenters. The van der Waals surface area contributed by atoms with Crippen molar-refractivity contribution >= 4 is 11.7 Å². The van der Waals surface area contributed by atoms with E-state index in [2.05, 4.69) is 29.0 Å². The first-order valence-corrected chi connectivity index (χ1v) is 12.3. The fourth-order valence-corrected chi connectivity index (χ4v) is 4.97. The van der Waals surface area contributed by atoms with Crippen molar-refractivity contribution in [1.29, 1.82) is 0 Å². The second-order valence-corrected chi connectivity index (χ2v) is 9.63. The minimum absolute atomic E-state index is 0.0730. The first-order chi connectivity index (χ1) is 16.9. The lowest BCUT2D eigenvalue weighted by molar-refractivity contribution is 0.0707. The highest BCUT2D eigenvalue weighted by Crippen LogP contribution is 2.34. The van der Waals surface area contributed by atoms with Gasteiger partial charge in [0.05, 0.1) is 0 Å². The topological polar surface area (TPSA) is 80.5 Å². The van der Waals surface area contributed by atoms with Crippen molar-refractivity contribution in [1.82, 2.24) is 15.2 Å². The number of halogens is 1. The van der Waals surface area contributed by atoms with Crippen LogP contribution < -0.4 is 15.8 Å². The Morgan fingerprint density at radius 1 is 1.09 bits per heavy atom. The number of hydrogen-bond acceptors (Lipinski definition) is 5. The molecule has 0 radical (unpaired) electrons. The van der Waals surface area contributed by atoms with E-state index in [0.717, 1.165) is 49.2 Å². The molecule has 0 bridgehead atoms. The van der Waals surface area contributed by atoms with Gasteiger partial charge in [0.15, 0.2) is 0 Å². The number of benzene rings is 2. The molecule has 1 atom stereocenters. The van der Waals surface area contributed by atoms with Gasteiger partial charge in [0.2, 0.25) is 5.95 Å². The van der Waals surface area contributed by atoms with Crippen molar-refractivity contribution in [3.63, 3.8) is 0 Å². The smallest absolute Gasteiger partial charge is 0.251 e. The average Bonchev–Trinajstić information content (AvgIpc) is 2.85. The molecule has 2 aliphatic rings. The van der Waals surface area contributed by atoms with E-state index in [-0.39, 0.29) is 17.8 Å². The summed E-state index contributed by atoms with van der Waals surface area (Å²) in [5, 5.41) is 2.85. The Bertz CT molecular complexity index is 1240. The minimum Gasteiger partial charge on any atom is -0.489 e. The predicted molar refractivity (Wildman–Crippen MR) is 136 cm³/mol. The van der Waals surface area contributed by atoms with E-state index in [0.29, 0.717) is 34.8 Å². The molecule has 0 saturated carbocycles. The van der Waals surface area contributed by atoms with Crippen molar-refractivity contribution in [2.45, 2.75) is 45.3 Å². The standard InChI is InChI=1S/C28H31FN4O2/c1-17(2)33-13-3-4-22(16-33)35-21-8-5-18(6-9-21)24-15-25(27(30)32-26(24)29)19-7-10-23-20(14-19)11-12-31-28(23)34/h5-10,14-15,17,22H,3-4,11-13,16H2,1-2H3,(H2,30,32)(H,31,34)/t22-/m0/s1. The lowest BCUT2D eigenvalue weighted by Crippen LogP contribution is -2.44. The van der Waals surface area contributed by atoms with Crippen LogP contribution in [-0.2, 0) is 6.42 Å². The van der Waals surface area contributed by atoms with E-state index in [1.54, 1.807) is 12.1 Å². The van der Waals surface area contributed by atoms with Crippen molar-refractivity contribution in [3.8, 4) is 28.0 Å². The van der Waals surface area contributed by atoms with Crippen LogP contribution >= 0.6 is 0 Å². The maximum absolute atomic E-state index is 14.9. The van der Waals surface area contributed by atoms with Gasteiger partial charge in [0.1, 0.15) is 17.7 Å². The van der Waals surface area contributed by atoms with E-state index in [1.165, 1.54) is 0 Å². The van der Waals surface area contributed by atoms with Gasteiger partial charge in [-0.2, -0.15) is 4.39 Å². The number of carbonyl (C=O) groups excluding carboxylic acids is 1. The van der Waals surface area contributed by atoms with Gasteiger partial charge in [-0.15, -0.1) is 0 Å². The summed E-state index contributed by atoms with van der Waals surface area (Å²) in [6.07, 6.45) is 3.06.